The van der Waals surface area contributed by atoms with Crippen LogP contribution >= 0.6 is 0 Å². The largest absolute Gasteiger partial charge is 0.465 e. The predicted octanol–water partition coefficient (Wildman–Crippen LogP) is 2.93. The summed E-state index contributed by atoms with van der Waals surface area (Å²) >= 11 is 0. The average Bonchev–Trinajstić information content (AvgIpc) is 3.19. The minimum absolute atomic E-state index is 0.345. The molecule has 1 atom stereocenters. The lowest BCUT2D eigenvalue weighted by molar-refractivity contribution is -0.0196. The van der Waals surface area contributed by atoms with Crippen molar-refractivity contribution in [2.45, 2.75) is 39.5 Å². The number of nitrogens with zero attached hydrogens (tertiary/aromatic N) is 3. The minimum Gasteiger partial charge on any atom is -0.465 e. The van der Waals surface area contributed by atoms with E-state index >= 15 is 0 Å². The highest BCUT2D eigenvalue weighted by Crippen LogP contribution is 2.36. The molecule has 7 nitrogen and oxygen atoms in total. The zero-order chi connectivity index (χ0) is 18.9. The highest BCUT2D eigenvalue weighted by Gasteiger charge is 2.40. The number of esters is 1. The number of oxime groups is 1. The molecule has 0 saturated heterocycles. The summed E-state index contributed by atoms with van der Waals surface area (Å²) in [5.74, 6) is -0.345. The Hall–Kier alpha value is -2.67. The van der Waals surface area contributed by atoms with Crippen LogP contribution in [0.25, 0.3) is 0 Å². The molecule has 0 N–H and O–H groups in total. The highest BCUT2D eigenvalue weighted by molar-refractivity contribution is 6.03. The van der Waals surface area contributed by atoms with Gasteiger partial charge in [-0.1, -0.05) is 11.2 Å². The Bertz CT molecular complexity index is 872. The van der Waals surface area contributed by atoms with E-state index in [0.29, 0.717) is 18.7 Å². The number of methoxy groups -OCH3 is 2. The fourth-order valence-corrected chi connectivity index (χ4v) is 3.21. The molecule has 0 spiro atoms. The summed E-state index contributed by atoms with van der Waals surface area (Å²) in [4.78, 5) is 17.6. The first kappa shape index (κ1) is 18.1. The number of benzene rings is 1. The van der Waals surface area contributed by atoms with Crippen molar-refractivity contribution in [3.05, 3.63) is 52.3 Å². The van der Waals surface area contributed by atoms with Crippen LogP contribution in [0.4, 0.5) is 0 Å². The first-order valence-corrected chi connectivity index (χ1v) is 8.36. The average molecular weight is 357 g/mol. The number of aryl methyl sites for hydroxylation is 2. The van der Waals surface area contributed by atoms with Crippen molar-refractivity contribution in [2.24, 2.45) is 5.16 Å². The summed E-state index contributed by atoms with van der Waals surface area (Å²) in [5.41, 5.74) is 4.33. The van der Waals surface area contributed by atoms with Crippen LogP contribution in [-0.4, -0.2) is 35.7 Å². The summed E-state index contributed by atoms with van der Waals surface area (Å²) in [5, 5.41) is 8.75. The van der Waals surface area contributed by atoms with Crippen molar-refractivity contribution in [3.63, 3.8) is 0 Å². The van der Waals surface area contributed by atoms with Crippen molar-refractivity contribution in [2.75, 3.05) is 14.2 Å². The molecule has 1 aliphatic heterocycles. The van der Waals surface area contributed by atoms with Gasteiger partial charge in [-0.3, -0.25) is 0 Å². The Labute approximate surface area is 152 Å². The molecule has 2 heterocycles. The molecule has 26 heavy (non-hydrogen) atoms. The molecule has 7 heteroatoms. The molecule has 138 valence electrons. The number of hydrogen-bond donors (Lipinski definition) is 0. The predicted molar refractivity (Wildman–Crippen MR) is 96.1 cm³/mol. The topological polar surface area (TPSA) is 74.9 Å². The lowest BCUT2D eigenvalue weighted by atomic mass is 9.91. The van der Waals surface area contributed by atoms with Gasteiger partial charge in [-0.2, -0.15) is 5.10 Å². The number of ether oxygens (including phenoxy) is 2. The van der Waals surface area contributed by atoms with Crippen molar-refractivity contribution in [3.8, 4) is 0 Å². The Morgan fingerprint density at radius 2 is 2.08 bits per heavy atom. The molecular weight excluding hydrogens is 334 g/mol. The van der Waals surface area contributed by atoms with Gasteiger partial charge in [-0.15, -0.1) is 0 Å². The monoisotopic (exact) mass is 357 g/mol. The number of rotatable bonds is 5. The molecule has 0 bridgehead atoms. The summed E-state index contributed by atoms with van der Waals surface area (Å²) < 4.78 is 11.8. The second-order valence-electron chi connectivity index (χ2n) is 6.65. The summed E-state index contributed by atoms with van der Waals surface area (Å²) in [6.45, 7) is 6.15. The third-order valence-electron chi connectivity index (χ3n) is 4.52. The fraction of sp³-hybridized carbons (Fsp3) is 0.421. The smallest absolute Gasteiger partial charge is 0.338 e. The number of hydrogen-bond acceptors (Lipinski definition) is 6. The van der Waals surface area contributed by atoms with E-state index in [-0.39, 0.29) is 5.97 Å². The van der Waals surface area contributed by atoms with E-state index in [9.17, 15) is 4.79 Å². The molecule has 3 rings (SSSR count). The summed E-state index contributed by atoms with van der Waals surface area (Å²) in [6, 6.07) is 7.54. The van der Waals surface area contributed by atoms with Crippen LogP contribution in [0.1, 0.15) is 46.2 Å². The van der Waals surface area contributed by atoms with E-state index in [1.165, 1.54) is 7.11 Å². The van der Waals surface area contributed by atoms with Crippen LogP contribution < -0.4 is 0 Å². The minimum atomic E-state index is -0.621. The number of carbonyl (C=O) groups is 1. The van der Waals surface area contributed by atoms with Crippen molar-refractivity contribution in [1.82, 2.24) is 9.78 Å². The number of carbonyl (C=O) groups excluding carboxylic acids is 1. The van der Waals surface area contributed by atoms with Gasteiger partial charge in [0, 0.05) is 13.5 Å². The maximum Gasteiger partial charge on any atom is 0.338 e. The van der Waals surface area contributed by atoms with Crippen molar-refractivity contribution in [1.29, 1.82) is 0 Å². The van der Waals surface area contributed by atoms with Crippen LogP contribution in [-0.2, 0) is 26.6 Å². The molecular formula is C19H23N3O4. The van der Waals surface area contributed by atoms with Gasteiger partial charge in [0.1, 0.15) is 6.73 Å². The molecule has 0 fully saturated rings. The Balaban J connectivity index is 1.86. The SMILES string of the molecule is COCn1nc(C)cc1C1(C)CC(c2ccc(C(=O)OC)c(C)c2)=NO1. The second-order valence-corrected chi connectivity index (χ2v) is 6.65. The third-order valence-corrected chi connectivity index (χ3v) is 4.52. The maximum atomic E-state index is 11.8. The molecule has 0 aliphatic carbocycles. The first-order valence-electron chi connectivity index (χ1n) is 8.36. The maximum absolute atomic E-state index is 11.8. The van der Waals surface area contributed by atoms with Gasteiger partial charge in [0.15, 0.2) is 5.60 Å². The molecule has 2 aromatic rings. The second kappa shape index (κ2) is 6.92. The van der Waals surface area contributed by atoms with E-state index in [1.54, 1.807) is 17.9 Å². The fourth-order valence-electron chi connectivity index (χ4n) is 3.21. The van der Waals surface area contributed by atoms with Crippen molar-refractivity contribution < 1.29 is 19.1 Å². The van der Waals surface area contributed by atoms with E-state index < -0.39 is 5.60 Å². The lowest BCUT2D eigenvalue weighted by Gasteiger charge is -2.22. The molecule has 0 saturated carbocycles. The highest BCUT2D eigenvalue weighted by atomic mass is 16.7. The van der Waals surface area contributed by atoms with Crippen molar-refractivity contribution >= 4 is 11.7 Å². The lowest BCUT2D eigenvalue weighted by Crippen LogP contribution is -2.26. The van der Waals surface area contributed by atoms with Gasteiger partial charge < -0.3 is 14.3 Å². The normalized spacial score (nSPS) is 19.2. The van der Waals surface area contributed by atoms with Crippen LogP contribution in [0.2, 0.25) is 0 Å². The van der Waals surface area contributed by atoms with Crippen LogP contribution in [0, 0.1) is 13.8 Å². The summed E-state index contributed by atoms with van der Waals surface area (Å²) in [7, 11) is 3.01. The molecule has 1 unspecified atom stereocenters. The molecule has 1 aromatic heterocycles. The van der Waals surface area contributed by atoms with Gasteiger partial charge in [0.05, 0.1) is 29.8 Å². The quantitative estimate of drug-likeness (QED) is 0.769. The van der Waals surface area contributed by atoms with Gasteiger partial charge in [-0.25, -0.2) is 9.48 Å². The van der Waals surface area contributed by atoms with E-state index in [0.717, 1.165) is 28.2 Å². The van der Waals surface area contributed by atoms with E-state index in [4.69, 9.17) is 14.3 Å². The standard InChI is InChI=1S/C19H23N3O4/c1-12-8-14(6-7-15(12)18(23)25-5)16-10-19(3,26-21-16)17-9-13(2)20-22(17)11-24-4/h6-9H,10-11H2,1-5H3. The first-order chi connectivity index (χ1) is 12.4. The van der Waals surface area contributed by atoms with Gasteiger partial charge in [-0.05, 0) is 50.1 Å². The molecule has 0 amide bonds. The zero-order valence-electron chi connectivity index (χ0n) is 15.7. The van der Waals surface area contributed by atoms with E-state index in [1.807, 2.05) is 39.0 Å². The third kappa shape index (κ3) is 3.22. The van der Waals surface area contributed by atoms with Crippen LogP contribution in [0.3, 0.4) is 0 Å². The van der Waals surface area contributed by atoms with Gasteiger partial charge in [0.2, 0.25) is 0 Å². The van der Waals surface area contributed by atoms with Crippen LogP contribution in [0.15, 0.2) is 29.4 Å². The molecule has 1 aromatic carbocycles. The van der Waals surface area contributed by atoms with Gasteiger partial charge >= 0.3 is 5.97 Å². The Morgan fingerprint density at radius 3 is 2.73 bits per heavy atom. The number of aromatic nitrogens is 2. The van der Waals surface area contributed by atoms with Gasteiger partial charge in [0.25, 0.3) is 0 Å². The Kier molecular flexibility index (Phi) is 4.82. The molecule has 0 radical (unpaired) electrons. The molecule has 1 aliphatic rings. The van der Waals surface area contributed by atoms with E-state index in [2.05, 4.69) is 10.3 Å². The zero-order valence-corrected chi connectivity index (χ0v) is 15.7. The Morgan fingerprint density at radius 1 is 1.31 bits per heavy atom. The summed E-state index contributed by atoms with van der Waals surface area (Å²) in [6.07, 6.45) is 0.596. The van der Waals surface area contributed by atoms with Crippen LogP contribution in [0.5, 0.6) is 0 Å².